The van der Waals surface area contributed by atoms with Crippen LogP contribution in [0.1, 0.15) is 34.7 Å². The maximum absolute atomic E-state index is 12.7. The van der Waals surface area contributed by atoms with Gasteiger partial charge < -0.3 is 15.2 Å². The van der Waals surface area contributed by atoms with Crippen LogP contribution in [0.15, 0.2) is 55.2 Å². The van der Waals surface area contributed by atoms with Crippen LogP contribution in [-0.4, -0.2) is 30.4 Å². The van der Waals surface area contributed by atoms with Gasteiger partial charge in [0.25, 0.3) is 5.91 Å². The summed E-state index contributed by atoms with van der Waals surface area (Å²) in [4.78, 5) is 29.4. The summed E-state index contributed by atoms with van der Waals surface area (Å²) in [6.07, 6.45) is 1.72. The first-order chi connectivity index (χ1) is 15.2. The number of aryl methyl sites for hydroxylation is 1. The number of carbonyl (C=O) groups excluding carboxylic acids is 1. The molecule has 1 aromatic carbocycles. The van der Waals surface area contributed by atoms with Crippen molar-refractivity contribution in [2.24, 2.45) is 7.05 Å². The van der Waals surface area contributed by atoms with E-state index in [-0.39, 0.29) is 11.6 Å². The van der Waals surface area contributed by atoms with E-state index in [4.69, 9.17) is 0 Å². The van der Waals surface area contributed by atoms with E-state index in [2.05, 4.69) is 30.6 Å². The Hall–Kier alpha value is -4.02. The monoisotopic (exact) mass is 441 g/mol. The summed E-state index contributed by atoms with van der Waals surface area (Å²) in [6, 6.07) is 5.81. The number of carbonyl (C=O) groups is 1. The number of hydrogen-bond acceptors (Lipinski definition) is 6. The second-order valence-corrected chi connectivity index (χ2v) is 7.14. The normalized spacial score (nSPS) is 12.5. The lowest BCUT2D eigenvalue weighted by Crippen LogP contribution is -2.28. The minimum absolute atomic E-state index is 0.251. The lowest BCUT2D eigenvalue weighted by Gasteiger charge is -2.14. The molecule has 0 saturated carbocycles. The zero-order valence-corrected chi connectivity index (χ0v) is 17.1. The molecule has 2 N–H and O–H groups in total. The number of imidazole rings is 1. The van der Waals surface area contributed by atoms with Crippen LogP contribution in [0.3, 0.4) is 0 Å². The Kier molecular flexibility index (Phi) is 5.47. The number of rotatable bonds is 5. The van der Waals surface area contributed by atoms with E-state index in [1.807, 2.05) is 7.05 Å². The van der Waals surface area contributed by atoms with E-state index in [1.54, 1.807) is 23.9 Å². The molecule has 8 nitrogen and oxygen atoms in total. The van der Waals surface area contributed by atoms with E-state index in [0.29, 0.717) is 22.7 Å². The van der Waals surface area contributed by atoms with Crippen molar-refractivity contribution < 1.29 is 18.0 Å². The van der Waals surface area contributed by atoms with Gasteiger partial charge in [0, 0.05) is 12.7 Å². The third-order valence-electron chi connectivity index (χ3n) is 4.79. The fraction of sp³-hybridized carbons (Fsp3) is 0.190. The lowest BCUT2D eigenvalue weighted by atomic mass is 10.2. The summed E-state index contributed by atoms with van der Waals surface area (Å²) in [6.45, 7) is 1.76. The van der Waals surface area contributed by atoms with Crippen LogP contribution in [0.5, 0.6) is 0 Å². The molecule has 1 amide bonds. The molecule has 164 valence electrons. The molecule has 0 aliphatic heterocycles. The van der Waals surface area contributed by atoms with E-state index in [1.165, 1.54) is 30.7 Å². The summed E-state index contributed by atoms with van der Waals surface area (Å²) >= 11 is 0. The Morgan fingerprint density at radius 3 is 2.44 bits per heavy atom. The van der Waals surface area contributed by atoms with Gasteiger partial charge in [0.05, 0.1) is 47.7 Å². The number of halogens is 3. The predicted molar refractivity (Wildman–Crippen MR) is 111 cm³/mol. The second-order valence-electron chi connectivity index (χ2n) is 7.14. The maximum atomic E-state index is 12.7. The molecule has 0 fully saturated rings. The van der Waals surface area contributed by atoms with Gasteiger partial charge in [0.2, 0.25) is 0 Å². The van der Waals surface area contributed by atoms with Crippen LogP contribution >= 0.6 is 0 Å². The molecule has 11 heteroatoms. The van der Waals surface area contributed by atoms with E-state index < -0.39 is 17.8 Å². The largest absolute Gasteiger partial charge is 0.416 e. The zero-order valence-electron chi connectivity index (χ0n) is 17.1. The number of benzene rings is 1. The minimum Gasteiger partial charge on any atom is -0.343 e. The van der Waals surface area contributed by atoms with Gasteiger partial charge in [-0.3, -0.25) is 9.78 Å². The van der Waals surface area contributed by atoms with Crippen LogP contribution in [0.4, 0.5) is 24.7 Å². The van der Waals surface area contributed by atoms with Crippen molar-refractivity contribution in [1.29, 1.82) is 0 Å². The molecule has 0 unspecified atom stereocenters. The van der Waals surface area contributed by atoms with Crippen molar-refractivity contribution in [2.45, 2.75) is 19.1 Å². The number of amides is 1. The fourth-order valence-electron chi connectivity index (χ4n) is 3.02. The number of alkyl halides is 3. The quantitative estimate of drug-likeness (QED) is 0.486. The smallest absolute Gasteiger partial charge is 0.343 e. The van der Waals surface area contributed by atoms with Gasteiger partial charge in [0.15, 0.2) is 0 Å². The molecule has 32 heavy (non-hydrogen) atoms. The number of nitrogens with zero attached hydrogens (tertiary/aromatic N) is 5. The molecular weight excluding hydrogens is 423 g/mol. The van der Waals surface area contributed by atoms with Crippen LogP contribution in [0.25, 0.3) is 11.0 Å². The van der Waals surface area contributed by atoms with Gasteiger partial charge >= 0.3 is 6.18 Å². The SMILES string of the molecule is C[C@H](NC(=O)c1cc2c(cn1)ncn2C)c1cnc(Nc2ccc(C(F)(F)F)cc2)cn1. The zero-order chi connectivity index (χ0) is 22.9. The number of hydrogen-bond donors (Lipinski definition) is 2. The summed E-state index contributed by atoms with van der Waals surface area (Å²) in [7, 11) is 1.83. The van der Waals surface area contributed by atoms with Crippen LogP contribution in [0, 0.1) is 0 Å². The van der Waals surface area contributed by atoms with Crippen LogP contribution in [-0.2, 0) is 13.2 Å². The van der Waals surface area contributed by atoms with E-state index in [0.717, 1.165) is 17.6 Å². The Morgan fingerprint density at radius 2 is 1.78 bits per heavy atom. The standard InChI is InChI=1S/C21H18F3N7O/c1-12(29-20(32)15-7-18-17(9-25-15)28-11-31(18)2)16-8-27-19(10-26-16)30-14-5-3-13(4-6-14)21(22,23)24/h3-12H,1-2H3,(H,27,30)(H,29,32)/t12-/m0/s1. The number of nitrogens with one attached hydrogen (secondary N) is 2. The van der Waals surface area contributed by atoms with Crippen molar-refractivity contribution in [2.75, 3.05) is 5.32 Å². The molecule has 0 aliphatic rings. The molecule has 0 radical (unpaired) electrons. The highest BCUT2D eigenvalue weighted by atomic mass is 19.4. The molecule has 0 saturated heterocycles. The summed E-state index contributed by atoms with van der Waals surface area (Å²) in [5, 5.41) is 5.71. The summed E-state index contributed by atoms with van der Waals surface area (Å²) in [5.41, 5.74) is 1.96. The van der Waals surface area contributed by atoms with Gasteiger partial charge in [-0.05, 0) is 37.3 Å². The first-order valence-corrected chi connectivity index (χ1v) is 9.55. The van der Waals surface area contributed by atoms with Crippen LogP contribution in [0.2, 0.25) is 0 Å². The maximum Gasteiger partial charge on any atom is 0.416 e. The van der Waals surface area contributed by atoms with Gasteiger partial charge in [-0.15, -0.1) is 0 Å². The molecule has 3 aromatic heterocycles. The van der Waals surface area contributed by atoms with Gasteiger partial charge in [0.1, 0.15) is 17.0 Å². The number of aromatic nitrogens is 5. The van der Waals surface area contributed by atoms with Gasteiger partial charge in [-0.1, -0.05) is 0 Å². The molecule has 4 aromatic rings. The molecule has 1 atom stereocenters. The van der Waals surface area contributed by atoms with Crippen LogP contribution < -0.4 is 10.6 Å². The van der Waals surface area contributed by atoms with Crippen molar-refractivity contribution in [3.05, 3.63) is 72.2 Å². The Labute approximate surface area is 180 Å². The molecular formula is C21H18F3N7O. The van der Waals surface area contributed by atoms with Gasteiger partial charge in [-0.25, -0.2) is 15.0 Å². The molecule has 3 heterocycles. The fourth-order valence-corrected chi connectivity index (χ4v) is 3.02. The molecule has 0 spiro atoms. The Morgan fingerprint density at radius 1 is 1.03 bits per heavy atom. The van der Waals surface area contributed by atoms with E-state index in [9.17, 15) is 18.0 Å². The summed E-state index contributed by atoms with van der Waals surface area (Å²) in [5.74, 6) is -0.00952. The van der Waals surface area contributed by atoms with Crippen molar-refractivity contribution in [3.8, 4) is 0 Å². The van der Waals surface area contributed by atoms with Crippen molar-refractivity contribution in [1.82, 2.24) is 29.8 Å². The highest BCUT2D eigenvalue weighted by Gasteiger charge is 2.29. The topological polar surface area (TPSA) is 97.6 Å². The average Bonchev–Trinajstić information content (AvgIpc) is 3.14. The first kappa shape index (κ1) is 21.2. The second kappa shape index (κ2) is 8.25. The number of anilines is 2. The molecule has 0 aliphatic carbocycles. The minimum atomic E-state index is -4.39. The predicted octanol–water partition coefficient (Wildman–Crippen LogP) is 4.01. The van der Waals surface area contributed by atoms with Gasteiger partial charge in [-0.2, -0.15) is 13.2 Å². The highest BCUT2D eigenvalue weighted by molar-refractivity contribution is 5.95. The highest BCUT2D eigenvalue weighted by Crippen LogP contribution is 2.30. The number of pyridine rings is 1. The lowest BCUT2D eigenvalue weighted by molar-refractivity contribution is -0.137. The summed E-state index contributed by atoms with van der Waals surface area (Å²) < 4.78 is 39.8. The Bertz CT molecular complexity index is 1250. The first-order valence-electron chi connectivity index (χ1n) is 9.55. The third-order valence-corrected chi connectivity index (χ3v) is 4.79. The Balaban J connectivity index is 1.40. The molecule has 4 rings (SSSR count). The van der Waals surface area contributed by atoms with E-state index >= 15 is 0 Å². The van der Waals surface area contributed by atoms with Crippen molar-refractivity contribution in [3.63, 3.8) is 0 Å². The number of fused-ring (bicyclic) bond motifs is 1. The molecule has 0 bridgehead atoms. The average molecular weight is 441 g/mol. The van der Waals surface area contributed by atoms with Crippen molar-refractivity contribution >= 4 is 28.4 Å². The third kappa shape index (κ3) is 4.51.